The molecule has 0 radical (unpaired) electrons. The average molecular weight is 354 g/mol. The van der Waals surface area contributed by atoms with Crippen molar-refractivity contribution in [2.24, 2.45) is 0 Å². The molecule has 0 aliphatic carbocycles. The van der Waals surface area contributed by atoms with Crippen LogP contribution in [0.3, 0.4) is 0 Å². The third kappa shape index (κ3) is 4.36. The number of amides is 1. The van der Waals surface area contributed by atoms with Gasteiger partial charge in [0.05, 0.1) is 11.4 Å². The first kappa shape index (κ1) is 17.0. The Hall–Kier alpha value is -2.87. The van der Waals surface area contributed by atoms with Gasteiger partial charge in [0.2, 0.25) is 11.1 Å². The number of nitrogens with zero attached hydrogens (tertiary/aromatic N) is 5. The number of aromatic nitrogens is 4. The number of anilines is 2. The van der Waals surface area contributed by atoms with Crippen LogP contribution in [-0.4, -0.2) is 46.0 Å². The van der Waals surface area contributed by atoms with Crippen molar-refractivity contribution in [1.82, 2.24) is 20.2 Å². The monoisotopic (exact) mass is 354 g/mol. The van der Waals surface area contributed by atoms with Crippen LogP contribution in [0.2, 0.25) is 0 Å². The van der Waals surface area contributed by atoms with Gasteiger partial charge in [-0.05, 0) is 46.8 Å². The van der Waals surface area contributed by atoms with Crippen molar-refractivity contribution in [1.29, 1.82) is 0 Å². The molecule has 3 rings (SSSR count). The summed E-state index contributed by atoms with van der Waals surface area (Å²) in [5, 5.41) is 15.1. The van der Waals surface area contributed by atoms with E-state index in [4.69, 9.17) is 0 Å². The molecule has 7 nitrogen and oxygen atoms in total. The summed E-state index contributed by atoms with van der Waals surface area (Å²) in [5.41, 5.74) is 2.70. The van der Waals surface area contributed by atoms with Crippen LogP contribution in [0.5, 0.6) is 0 Å². The van der Waals surface area contributed by atoms with Crippen LogP contribution in [0.1, 0.15) is 0 Å². The Morgan fingerprint density at radius 2 is 1.84 bits per heavy atom. The highest BCUT2D eigenvalue weighted by atomic mass is 32.2. The second-order valence-electron chi connectivity index (χ2n) is 5.49. The topological polar surface area (TPSA) is 75.9 Å². The molecule has 2 aromatic carbocycles. The lowest BCUT2D eigenvalue weighted by atomic mass is 10.2. The number of carbonyl (C=O) groups excluding carboxylic acids is 1. The quantitative estimate of drug-likeness (QED) is 0.685. The van der Waals surface area contributed by atoms with E-state index in [0.717, 1.165) is 17.1 Å². The molecule has 25 heavy (non-hydrogen) atoms. The Balaban J connectivity index is 1.59. The average Bonchev–Trinajstić information content (AvgIpc) is 3.10. The molecule has 0 saturated carbocycles. The van der Waals surface area contributed by atoms with E-state index in [1.54, 1.807) is 4.68 Å². The van der Waals surface area contributed by atoms with Crippen LogP contribution < -0.4 is 10.2 Å². The Morgan fingerprint density at radius 1 is 1.12 bits per heavy atom. The molecule has 0 spiro atoms. The van der Waals surface area contributed by atoms with Crippen LogP contribution in [0.25, 0.3) is 5.69 Å². The van der Waals surface area contributed by atoms with Crippen molar-refractivity contribution in [2.45, 2.75) is 5.16 Å². The van der Waals surface area contributed by atoms with Gasteiger partial charge < -0.3 is 10.2 Å². The van der Waals surface area contributed by atoms with Gasteiger partial charge in [-0.15, -0.1) is 5.10 Å². The molecule has 0 atom stereocenters. The lowest BCUT2D eigenvalue weighted by Crippen LogP contribution is -2.15. The fraction of sp³-hybridized carbons (Fsp3) is 0.176. The van der Waals surface area contributed by atoms with Crippen LogP contribution >= 0.6 is 11.8 Å². The third-order valence-electron chi connectivity index (χ3n) is 3.44. The largest absolute Gasteiger partial charge is 0.378 e. The molecule has 0 aliphatic heterocycles. The van der Waals surface area contributed by atoms with Crippen molar-refractivity contribution in [3.8, 4) is 5.69 Å². The van der Waals surface area contributed by atoms with E-state index < -0.39 is 0 Å². The molecule has 0 saturated heterocycles. The SMILES string of the molecule is CN(C)c1ccc(NC(=O)CSc2nnnn2-c2ccccc2)cc1. The van der Waals surface area contributed by atoms with Gasteiger partial charge >= 0.3 is 0 Å². The van der Waals surface area contributed by atoms with E-state index in [2.05, 4.69) is 20.8 Å². The van der Waals surface area contributed by atoms with Gasteiger partial charge in [0.25, 0.3) is 0 Å². The standard InChI is InChI=1S/C17H18N6OS/c1-22(2)14-10-8-13(9-11-14)18-16(24)12-25-17-19-20-21-23(17)15-6-4-3-5-7-15/h3-11H,12H2,1-2H3,(H,18,24). The Labute approximate surface area is 150 Å². The summed E-state index contributed by atoms with van der Waals surface area (Å²) in [6, 6.07) is 17.2. The van der Waals surface area contributed by atoms with Crippen molar-refractivity contribution < 1.29 is 4.79 Å². The lowest BCUT2D eigenvalue weighted by Gasteiger charge is -2.13. The smallest absolute Gasteiger partial charge is 0.234 e. The number of hydrogen-bond donors (Lipinski definition) is 1. The van der Waals surface area contributed by atoms with Gasteiger partial charge in [-0.2, -0.15) is 4.68 Å². The molecule has 1 amide bonds. The summed E-state index contributed by atoms with van der Waals surface area (Å²) >= 11 is 1.29. The van der Waals surface area contributed by atoms with Gasteiger partial charge in [0.1, 0.15) is 0 Å². The highest BCUT2D eigenvalue weighted by Gasteiger charge is 2.11. The molecule has 0 unspecified atom stereocenters. The van der Waals surface area contributed by atoms with Crippen molar-refractivity contribution in [3.63, 3.8) is 0 Å². The molecule has 128 valence electrons. The number of carbonyl (C=O) groups is 1. The van der Waals surface area contributed by atoms with E-state index in [9.17, 15) is 4.79 Å². The maximum absolute atomic E-state index is 12.2. The zero-order chi connectivity index (χ0) is 17.6. The third-order valence-corrected chi connectivity index (χ3v) is 4.36. The number of nitrogens with one attached hydrogen (secondary N) is 1. The zero-order valence-corrected chi connectivity index (χ0v) is 14.8. The number of rotatable bonds is 6. The van der Waals surface area contributed by atoms with Crippen LogP contribution in [0.15, 0.2) is 59.8 Å². The molecule has 3 aromatic rings. The van der Waals surface area contributed by atoms with Crippen molar-refractivity contribution >= 4 is 29.0 Å². The second kappa shape index (κ2) is 7.80. The number of benzene rings is 2. The summed E-state index contributed by atoms with van der Waals surface area (Å²) in [6.45, 7) is 0. The summed E-state index contributed by atoms with van der Waals surface area (Å²) in [7, 11) is 3.95. The number of tetrazole rings is 1. The first-order valence-electron chi connectivity index (χ1n) is 7.67. The molecule has 1 heterocycles. The van der Waals surface area contributed by atoms with Crippen molar-refractivity contribution in [2.75, 3.05) is 30.1 Å². The number of hydrogen-bond acceptors (Lipinski definition) is 6. The van der Waals surface area contributed by atoms with Crippen LogP contribution in [0, 0.1) is 0 Å². The zero-order valence-electron chi connectivity index (χ0n) is 14.0. The minimum absolute atomic E-state index is 0.106. The van der Waals surface area contributed by atoms with Crippen molar-refractivity contribution in [3.05, 3.63) is 54.6 Å². The molecule has 0 aliphatic rings. The predicted molar refractivity (Wildman–Crippen MR) is 99.3 cm³/mol. The van der Waals surface area contributed by atoms with E-state index in [1.807, 2.05) is 73.6 Å². The number of thioether (sulfide) groups is 1. The fourth-order valence-corrected chi connectivity index (χ4v) is 2.86. The summed E-state index contributed by atoms with van der Waals surface area (Å²) in [5.74, 6) is 0.119. The van der Waals surface area contributed by atoms with E-state index in [-0.39, 0.29) is 11.7 Å². The summed E-state index contributed by atoms with van der Waals surface area (Å²) in [6.07, 6.45) is 0. The Bertz CT molecular complexity index is 832. The van der Waals surface area contributed by atoms with Gasteiger partial charge in [-0.3, -0.25) is 4.79 Å². The van der Waals surface area contributed by atoms with Gasteiger partial charge in [0.15, 0.2) is 0 Å². The first-order chi connectivity index (χ1) is 12.1. The number of para-hydroxylation sites is 1. The van der Waals surface area contributed by atoms with Gasteiger partial charge in [-0.25, -0.2) is 0 Å². The highest BCUT2D eigenvalue weighted by Crippen LogP contribution is 2.19. The van der Waals surface area contributed by atoms with Gasteiger partial charge in [0, 0.05) is 25.5 Å². The fourth-order valence-electron chi connectivity index (χ4n) is 2.17. The molecule has 0 bridgehead atoms. The molecule has 8 heteroatoms. The maximum Gasteiger partial charge on any atom is 0.234 e. The molecule has 1 N–H and O–H groups in total. The summed E-state index contributed by atoms with van der Waals surface area (Å²) < 4.78 is 1.61. The Morgan fingerprint density at radius 3 is 2.52 bits per heavy atom. The Kier molecular flexibility index (Phi) is 5.30. The molecular formula is C17H18N6OS. The van der Waals surface area contributed by atoms with Gasteiger partial charge in [-0.1, -0.05) is 30.0 Å². The molecule has 0 fully saturated rings. The maximum atomic E-state index is 12.2. The predicted octanol–water partition coefficient (Wildman–Crippen LogP) is 2.46. The second-order valence-corrected chi connectivity index (χ2v) is 6.43. The lowest BCUT2D eigenvalue weighted by molar-refractivity contribution is -0.113. The first-order valence-corrected chi connectivity index (χ1v) is 8.66. The summed E-state index contributed by atoms with van der Waals surface area (Å²) in [4.78, 5) is 14.2. The normalized spacial score (nSPS) is 10.5. The minimum atomic E-state index is -0.106. The van der Waals surface area contributed by atoms with Crippen LogP contribution in [0.4, 0.5) is 11.4 Å². The van der Waals surface area contributed by atoms with E-state index >= 15 is 0 Å². The highest BCUT2D eigenvalue weighted by molar-refractivity contribution is 7.99. The van der Waals surface area contributed by atoms with Crippen LogP contribution in [-0.2, 0) is 4.79 Å². The minimum Gasteiger partial charge on any atom is -0.378 e. The molecule has 1 aromatic heterocycles. The van der Waals surface area contributed by atoms with E-state index in [0.29, 0.717) is 5.16 Å². The van der Waals surface area contributed by atoms with E-state index in [1.165, 1.54) is 11.8 Å². The molecular weight excluding hydrogens is 336 g/mol.